The number of allylic oxidation sites excluding steroid dienone is 1. The summed E-state index contributed by atoms with van der Waals surface area (Å²) < 4.78 is 0. The van der Waals surface area contributed by atoms with Gasteiger partial charge < -0.3 is 0 Å². The first kappa shape index (κ1) is 13.7. The molecule has 0 saturated carbocycles. The first-order valence-electron chi connectivity index (χ1n) is 6.50. The van der Waals surface area contributed by atoms with Gasteiger partial charge in [0.15, 0.2) is 0 Å². The minimum Gasteiger partial charge on any atom is -0.0761 e. The molecule has 2 unspecified atom stereocenters. The van der Waals surface area contributed by atoms with E-state index in [1.165, 1.54) is 28.3 Å². The summed E-state index contributed by atoms with van der Waals surface area (Å²) in [6, 6.07) is 13.3. The zero-order chi connectivity index (χ0) is 11.8. The molecular weight excluding hydrogens is 383 g/mol. The fourth-order valence-corrected chi connectivity index (χ4v) is 2.77. The van der Waals surface area contributed by atoms with Crippen molar-refractivity contribution >= 4 is 16.8 Å². The maximum absolute atomic E-state index is 2.38. The SMILES string of the molecule is CCC(C)C1C=Cc2cc3ccccc3cc21.[Hf]. The van der Waals surface area contributed by atoms with Crippen molar-refractivity contribution in [2.45, 2.75) is 26.2 Å². The molecule has 0 nitrogen and oxygen atoms in total. The van der Waals surface area contributed by atoms with Crippen LogP contribution in [0.3, 0.4) is 0 Å². The van der Waals surface area contributed by atoms with Gasteiger partial charge in [-0.2, -0.15) is 0 Å². The van der Waals surface area contributed by atoms with E-state index in [0.29, 0.717) is 5.92 Å². The summed E-state index contributed by atoms with van der Waals surface area (Å²) in [5.41, 5.74) is 2.92. The fourth-order valence-electron chi connectivity index (χ4n) is 2.77. The van der Waals surface area contributed by atoms with Crippen LogP contribution in [0.15, 0.2) is 42.5 Å². The van der Waals surface area contributed by atoms with Crippen molar-refractivity contribution in [2.24, 2.45) is 5.92 Å². The van der Waals surface area contributed by atoms with Crippen LogP contribution in [0.4, 0.5) is 0 Å². The Morgan fingerprint density at radius 2 is 1.78 bits per heavy atom. The van der Waals surface area contributed by atoms with Crippen molar-refractivity contribution in [3.63, 3.8) is 0 Å². The van der Waals surface area contributed by atoms with Crippen molar-refractivity contribution in [3.05, 3.63) is 53.6 Å². The molecule has 0 aromatic heterocycles. The molecule has 0 bridgehead atoms. The summed E-state index contributed by atoms with van der Waals surface area (Å²) in [4.78, 5) is 0. The van der Waals surface area contributed by atoms with Gasteiger partial charge in [0.25, 0.3) is 0 Å². The molecule has 2 aromatic carbocycles. The van der Waals surface area contributed by atoms with Gasteiger partial charge >= 0.3 is 0 Å². The molecule has 90 valence electrons. The van der Waals surface area contributed by atoms with Crippen LogP contribution in [0.25, 0.3) is 16.8 Å². The molecule has 1 aliphatic rings. The van der Waals surface area contributed by atoms with E-state index in [-0.39, 0.29) is 25.8 Å². The summed E-state index contributed by atoms with van der Waals surface area (Å²) in [6.45, 7) is 4.62. The van der Waals surface area contributed by atoms with Crippen LogP contribution in [0, 0.1) is 5.92 Å². The van der Waals surface area contributed by atoms with Gasteiger partial charge in [-0.25, -0.2) is 0 Å². The Balaban J connectivity index is 0.00000120. The Bertz CT molecular complexity index is 583. The second-order valence-corrected chi connectivity index (χ2v) is 5.10. The minimum absolute atomic E-state index is 0. The molecule has 0 saturated heterocycles. The topological polar surface area (TPSA) is 0 Å². The third-order valence-electron chi connectivity index (χ3n) is 4.05. The minimum atomic E-state index is 0. The zero-order valence-electron chi connectivity index (χ0n) is 11.0. The Morgan fingerprint density at radius 3 is 2.44 bits per heavy atom. The molecule has 0 radical (unpaired) electrons. The summed E-state index contributed by atoms with van der Waals surface area (Å²) in [5, 5.41) is 2.71. The van der Waals surface area contributed by atoms with E-state index < -0.39 is 0 Å². The Labute approximate surface area is 128 Å². The number of fused-ring (bicyclic) bond motifs is 2. The van der Waals surface area contributed by atoms with Crippen molar-refractivity contribution in [3.8, 4) is 0 Å². The van der Waals surface area contributed by atoms with E-state index in [9.17, 15) is 0 Å². The van der Waals surface area contributed by atoms with Crippen LogP contribution in [0.5, 0.6) is 0 Å². The molecule has 0 N–H and O–H groups in total. The molecule has 18 heavy (non-hydrogen) atoms. The Morgan fingerprint density at radius 1 is 1.11 bits per heavy atom. The number of hydrogen-bond donors (Lipinski definition) is 0. The monoisotopic (exact) mass is 402 g/mol. The van der Waals surface area contributed by atoms with Crippen molar-refractivity contribution < 1.29 is 25.8 Å². The van der Waals surface area contributed by atoms with Crippen LogP contribution >= 0.6 is 0 Å². The van der Waals surface area contributed by atoms with Gasteiger partial charge in [-0.15, -0.1) is 0 Å². The second kappa shape index (κ2) is 5.52. The van der Waals surface area contributed by atoms with E-state index >= 15 is 0 Å². The summed E-state index contributed by atoms with van der Waals surface area (Å²) >= 11 is 0. The van der Waals surface area contributed by atoms with E-state index in [4.69, 9.17) is 0 Å². The van der Waals surface area contributed by atoms with E-state index in [2.05, 4.69) is 62.4 Å². The maximum atomic E-state index is 2.38. The van der Waals surface area contributed by atoms with Crippen LogP contribution in [-0.2, 0) is 25.8 Å². The summed E-state index contributed by atoms with van der Waals surface area (Å²) in [7, 11) is 0. The van der Waals surface area contributed by atoms with E-state index in [0.717, 1.165) is 5.92 Å². The molecule has 2 aromatic rings. The fraction of sp³-hybridized carbons (Fsp3) is 0.294. The molecule has 0 amide bonds. The predicted octanol–water partition coefficient (Wildman–Crippen LogP) is 4.99. The normalized spacial score (nSPS) is 18.4. The third-order valence-corrected chi connectivity index (χ3v) is 4.05. The average Bonchev–Trinajstić information content (AvgIpc) is 2.78. The van der Waals surface area contributed by atoms with E-state index in [1.807, 2.05) is 0 Å². The number of rotatable bonds is 2. The average molecular weight is 401 g/mol. The van der Waals surface area contributed by atoms with Crippen LogP contribution in [0.2, 0.25) is 0 Å². The maximum Gasteiger partial charge on any atom is 0.00530 e. The molecule has 2 atom stereocenters. The van der Waals surface area contributed by atoms with Gasteiger partial charge in [-0.1, -0.05) is 56.7 Å². The van der Waals surface area contributed by atoms with Gasteiger partial charge in [-0.05, 0) is 39.9 Å². The quantitative estimate of drug-likeness (QED) is 0.623. The summed E-state index contributed by atoms with van der Waals surface area (Å²) in [5.74, 6) is 1.34. The number of benzene rings is 2. The predicted molar refractivity (Wildman–Crippen MR) is 75.2 cm³/mol. The molecule has 0 fully saturated rings. The number of hydrogen-bond acceptors (Lipinski definition) is 0. The van der Waals surface area contributed by atoms with Crippen LogP contribution in [-0.4, -0.2) is 0 Å². The largest absolute Gasteiger partial charge is 0.0761 e. The molecule has 3 rings (SSSR count). The zero-order valence-corrected chi connectivity index (χ0v) is 14.6. The standard InChI is InChI=1S/C17H18.Hf/c1-3-12(2)16-9-8-15-10-13-6-4-5-7-14(13)11-17(15)16;/h4-12,16H,3H2,1-2H3;. The third kappa shape index (κ3) is 2.25. The first-order valence-corrected chi connectivity index (χ1v) is 6.50. The van der Waals surface area contributed by atoms with Crippen molar-refractivity contribution in [1.29, 1.82) is 0 Å². The van der Waals surface area contributed by atoms with Gasteiger partial charge in [0.2, 0.25) is 0 Å². The molecule has 0 spiro atoms. The summed E-state index contributed by atoms with van der Waals surface area (Å²) in [6.07, 6.45) is 5.90. The second-order valence-electron chi connectivity index (χ2n) is 5.10. The van der Waals surface area contributed by atoms with Gasteiger partial charge in [0.05, 0.1) is 0 Å². The van der Waals surface area contributed by atoms with Crippen LogP contribution in [0.1, 0.15) is 37.3 Å². The molecule has 1 heteroatoms. The molecule has 0 aliphatic heterocycles. The van der Waals surface area contributed by atoms with Gasteiger partial charge in [0.1, 0.15) is 0 Å². The van der Waals surface area contributed by atoms with Crippen LogP contribution < -0.4 is 0 Å². The van der Waals surface area contributed by atoms with Crippen molar-refractivity contribution in [2.75, 3.05) is 0 Å². The van der Waals surface area contributed by atoms with E-state index in [1.54, 1.807) is 0 Å². The van der Waals surface area contributed by atoms with Gasteiger partial charge in [0, 0.05) is 31.8 Å². The van der Waals surface area contributed by atoms with Gasteiger partial charge in [-0.3, -0.25) is 0 Å². The smallest absolute Gasteiger partial charge is 0.00530 e. The molecule has 1 aliphatic carbocycles. The molecular formula is C17H18Hf. The Kier molecular flexibility index (Phi) is 4.21. The van der Waals surface area contributed by atoms with Crippen molar-refractivity contribution in [1.82, 2.24) is 0 Å². The molecule has 0 heterocycles. The first-order chi connectivity index (χ1) is 8.29. The Hall–Kier alpha value is -0.690.